The third kappa shape index (κ3) is 8.17. The summed E-state index contributed by atoms with van der Waals surface area (Å²) in [7, 11) is -7.84. The molecule has 0 bridgehead atoms. The number of rotatable bonds is 19. The molecule has 0 aromatic rings. The van der Waals surface area contributed by atoms with E-state index in [0.717, 1.165) is 54.4 Å². The Labute approximate surface area is 227 Å². The van der Waals surface area contributed by atoms with Crippen molar-refractivity contribution < 1.29 is 30.0 Å². The summed E-state index contributed by atoms with van der Waals surface area (Å²) in [6, 6.07) is 8.71. The number of methoxy groups -OCH3 is 1. The summed E-state index contributed by atoms with van der Waals surface area (Å²) in [6.45, 7) is 19.8. The average Bonchev–Trinajstić information content (AvgIpc) is 2.94. The van der Waals surface area contributed by atoms with E-state index < -0.39 is 62.5 Å². The highest BCUT2D eigenvalue weighted by atomic mass is 28.4. The number of halogens is 1. The average molecular weight is 571 g/mol. The first-order chi connectivity index (χ1) is 18.1. The van der Waals surface area contributed by atoms with Crippen molar-refractivity contribution in [1.82, 2.24) is 5.54 Å². The van der Waals surface area contributed by atoms with E-state index in [1.165, 1.54) is 0 Å². The normalized spacial score (nSPS) is 27.6. The molecule has 1 fully saturated rings. The van der Waals surface area contributed by atoms with Crippen LogP contribution in [0.15, 0.2) is 0 Å². The van der Waals surface area contributed by atoms with Crippen LogP contribution in [0, 0.1) is 0 Å². The van der Waals surface area contributed by atoms with Crippen molar-refractivity contribution in [3.8, 4) is 0 Å². The minimum atomic E-state index is -2.14. The first-order valence-corrected chi connectivity index (χ1v) is 22.1. The van der Waals surface area contributed by atoms with E-state index in [2.05, 4.69) is 62.3 Å². The molecule has 1 heterocycles. The van der Waals surface area contributed by atoms with Gasteiger partial charge in [0, 0.05) is 7.06 Å². The lowest BCUT2D eigenvalue weighted by Gasteiger charge is -2.53. The Bertz CT molecular complexity index is 621. The third-order valence-electron chi connectivity index (χ3n) is 9.23. The molecule has 1 N–H and O–H groups in total. The monoisotopic (exact) mass is 570 g/mol. The highest BCUT2D eigenvalue weighted by Crippen LogP contribution is 2.39. The standard InChI is InChI=1S/C26H58FNO5Si3/c1-11-34(12-2,13-3)31-24-22(20-28-27)30-23(21-29-10)25(32-35(14-4,15-5)16-6)26(24)33-36(17-7,18-8)19-9/h22-26,28H,11-21H2,1-10H3/t22-,23-,24+,25-,26-/m1/s1/i10TD/t10?,22-,23-,24+,25-,26-. The predicted molar refractivity (Wildman–Crippen MR) is 156 cm³/mol. The van der Waals surface area contributed by atoms with Gasteiger partial charge >= 0.3 is 0 Å². The molecule has 10 heteroatoms. The molecule has 6 atom stereocenters. The van der Waals surface area contributed by atoms with E-state index in [1.807, 2.05) is 5.54 Å². The largest absolute Gasteiger partial charge is 0.409 e. The molecular formula is C26H58FNO5Si3. The molecule has 1 aliphatic heterocycles. The van der Waals surface area contributed by atoms with Gasteiger partial charge in [0.05, 0.1) is 15.9 Å². The van der Waals surface area contributed by atoms with Gasteiger partial charge in [-0.1, -0.05) is 62.3 Å². The van der Waals surface area contributed by atoms with Gasteiger partial charge in [-0.15, -0.1) is 4.48 Å². The Kier molecular flexibility index (Phi) is 14.1. The van der Waals surface area contributed by atoms with Gasteiger partial charge in [0.15, 0.2) is 25.0 Å². The molecule has 0 saturated carbocycles. The van der Waals surface area contributed by atoms with Crippen LogP contribution in [0.3, 0.4) is 0 Å². The van der Waals surface area contributed by atoms with Gasteiger partial charge in [-0.05, 0) is 54.4 Å². The van der Waals surface area contributed by atoms with E-state index in [1.54, 1.807) is 0 Å². The van der Waals surface area contributed by atoms with E-state index in [9.17, 15) is 4.48 Å². The Hall–Kier alpha value is 0.341. The van der Waals surface area contributed by atoms with Crippen molar-refractivity contribution in [2.45, 2.75) is 147 Å². The summed E-state index contributed by atoms with van der Waals surface area (Å²) in [4.78, 5) is 0. The molecule has 1 unspecified atom stereocenters. The van der Waals surface area contributed by atoms with Crippen LogP contribution in [0.4, 0.5) is 4.48 Å². The van der Waals surface area contributed by atoms with Crippen LogP contribution >= 0.6 is 0 Å². The summed E-state index contributed by atoms with van der Waals surface area (Å²) in [5.74, 6) is 0. The minimum Gasteiger partial charge on any atom is -0.409 e. The van der Waals surface area contributed by atoms with Crippen LogP contribution in [0.5, 0.6) is 0 Å². The maximum absolute atomic E-state index is 13.7. The zero-order chi connectivity index (χ0) is 29.0. The molecule has 6 nitrogen and oxygen atoms in total. The molecule has 216 valence electrons. The lowest BCUT2D eigenvalue weighted by molar-refractivity contribution is -0.218. The molecule has 0 aromatic heterocycles. The van der Waals surface area contributed by atoms with Gasteiger partial charge in [0.1, 0.15) is 30.5 Å². The molecular weight excluding hydrogens is 510 g/mol. The maximum Gasteiger partial charge on any atom is 0.192 e. The van der Waals surface area contributed by atoms with Crippen molar-refractivity contribution in [3.63, 3.8) is 0 Å². The Morgan fingerprint density at radius 3 is 1.39 bits per heavy atom. The van der Waals surface area contributed by atoms with Crippen LogP contribution in [0.2, 0.25) is 54.4 Å². The smallest absolute Gasteiger partial charge is 0.192 e. The van der Waals surface area contributed by atoms with Crippen molar-refractivity contribution in [1.29, 1.82) is 0 Å². The van der Waals surface area contributed by atoms with Crippen LogP contribution < -0.4 is 5.54 Å². The van der Waals surface area contributed by atoms with Crippen LogP contribution in [-0.4, -0.2) is 75.7 Å². The van der Waals surface area contributed by atoms with Crippen molar-refractivity contribution in [3.05, 3.63) is 0 Å². The fourth-order valence-corrected chi connectivity index (χ4v) is 14.3. The molecule has 0 amide bonds. The Morgan fingerprint density at radius 1 is 0.694 bits per heavy atom. The fourth-order valence-electron chi connectivity index (χ4n) is 5.74. The molecule has 36 heavy (non-hydrogen) atoms. The second-order valence-electron chi connectivity index (χ2n) is 10.4. The summed E-state index contributed by atoms with van der Waals surface area (Å²) >= 11 is 0. The third-order valence-corrected chi connectivity index (χ3v) is 23.1. The summed E-state index contributed by atoms with van der Waals surface area (Å²) < 4.78 is 62.6. The fraction of sp³-hybridized carbons (Fsp3) is 1.00. The van der Waals surface area contributed by atoms with E-state index >= 15 is 0 Å². The van der Waals surface area contributed by atoms with E-state index in [0.29, 0.717) is 0 Å². The summed E-state index contributed by atoms with van der Waals surface area (Å²) in [6.07, 6.45) is -2.53. The highest BCUT2D eigenvalue weighted by molar-refractivity contribution is 6.74. The van der Waals surface area contributed by atoms with Gasteiger partial charge < -0.3 is 22.8 Å². The number of hydrogen-bond donors (Lipinski definition) is 1. The van der Waals surface area contributed by atoms with Crippen LogP contribution in [0.1, 0.15) is 65.1 Å². The number of hydrogen-bond acceptors (Lipinski definition) is 6. The SMILES string of the molecule is [2H]C([3H])OC[C@H]1O[C@H](CNF)[C@H](O[Si](CC)(CC)CC)[C@@H](O[Si](CC)(CC)CC)[C@@H]1O[Si](CC)(CC)CC. The van der Waals surface area contributed by atoms with Gasteiger partial charge in [-0.25, -0.2) is 0 Å². The van der Waals surface area contributed by atoms with Crippen molar-refractivity contribution in [2.75, 3.05) is 20.2 Å². The van der Waals surface area contributed by atoms with Crippen LogP contribution in [0.25, 0.3) is 0 Å². The first kappa shape index (κ1) is 30.9. The topological polar surface area (TPSA) is 58.2 Å². The summed E-state index contributed by atoms with van der Waals surface area (Å²) in [5.41, 5.74) is 1.83. The zero-order valence-corrected chi connectivity index (χ0v) is 27.7. The second-order valence-corrected chi connectivity index (χ2v) is 24.5. The molecule has 1 rings (SSSR count). The van der Waals surface area contributed by atoms with Gasteiger partial charge in [0.2, 0.25) is 0 Å². The van der Waals surface area contributed by atoms with E-state index in [-0.39, 0.29) is 13.2 Å². The molecule has 0 aliphatic carbocycles. The van der Waals surface area contributed by atoms with Crippen molar-refractivity contribution >= 4 is 25.0 Å². The molecule has 0 spiro atoms. The Morgan fingerprint density at radius 2 is 1.06 bits per heavy atom. The lowest BCUT2D eigenvalue weighted by Crippen LogP contribution is -2.68. The lowest BCUT2D eigenvalue weighted by atomic mass is 9.95. The quantitative estimate of drug-likeness (QED) is 0.133. The van der Waals surface area contributed by atoms with Gasteiger partial charge in [-0.3, -0.25) is 0 Å². The second kappa shape index (κ2) is 16.4. The molecule has 1 saturated heterocycles. The number of ether oxygens (including phenoxy) is 2. The summed E-state index contributed by atoms with van der Waals surface area (Å²) in [5, 5.41) is 0. The molecule has 1 aliphatic rings. The molecule has 0 aromatic carbocycles. The highest BCUT2D eigenvalue weighted by Gasteiger charge is 2.54. The van der Waals surface area contributed by atoms with Crippen molar-refractivity contribution in [2.24, 2.45) is 0 Å². The first-order valence-electron chi connectivity index (χ1n) is 15.7. The van der Waals surface area contributed by atoms with E-state index in [4.69, 9.17) is 25.5 Å². The van der Waals surface area contributed by atoms with Gasteiger partial charge in [-0.2, -0.15) is 5.54 Å². The zero-order valence-electron chi connectivity index (χ0n) is 26.7. The van der Waals surface area contributed by atoms with Gasteiger partial charge in [0.25, 0.3) is 0 Å². The molecule has 0 radical (unpaired) electrons. The van der Waals surface area contributed by atoms with Crippen LogP contribution in [-0.2, 0) is 22.8 Å². The minimum absolute atomic E-state index is 0.0240. The Balaban J connectivity index is 3.78. The maximum atomic E-state index is 13.7. The number of nitrogens with one attached hydrogen (secondary N) is 1. The predicted octanol–water partition coefficient (Wildman–Crippen LogP) is 7.05.